The monoisotopic (exact) mass is 251 g/mol. The fraction of sp³-hybridized carbons (Fsp3) is 0.929. The molecule has 5 aliphatic rings. The maximum atomic E-state index is 11.7. The lowest BCUT2D eigenvalue weighted by Gasteiger charge is -2.39. The Labute approximate surface area is 108 Å². The highest BCUT2D eigenvalue weighted by Crippen LogP contribution is 2.52. The molecular weight excluding hydrogens is 230 g/mol. The summed E-state index contributed by atoms with van der Waals surface area (Å²) in [5.74, 6) is 2.37. The van der Waals surface area contributed by atoms with E-state index in [0.717, 1.165) is 24.2 Å². The number of rotatable bonds is 1. The number of carbonyl (C=O) groups is 1. The smallest absolute Gasteiger partial charge is 0.337 e. The number of carbonyl (C=O) groups excluding carboxylic acids is 1. The van der Waals surface area contributed by atoms with E-state index in [1.807, 2.05) is 0 Å². The minimum absolute atomic E-state index is 0.202. The summed E-state index contributed by atoms with van der Waals surface area (Å²) < 4.78 is 4.83. The van der Waals surface area contributed by atoms with Crippen molar-refractivity contribution in [3.8, 4) is 0 Å². The van der Waals surface area contributed by atoms with E-state index in [1.54, 1.807) is 0 Å². The van der Waals surface area contributed by atoms with Gasteiger partial charge >= 0.3 is 5.97 Å². The normalized spacial score (nSPS) is 50.1. The van der Waals surface area contributed by atoms with Crippen LogP contribution in [0.4, 0.5) is 0 Å². The van der Waals surface area contributed by atoms with Gasteiger partial charge in [0.15, 0.2) is 6.10 Å². The first-order valence-electron chi connectivity index (χ1n) is 7.27. The van der Waals surface area contributed by atoms with Crippen LogP contribution in [0.3, 0.4) is 0 Å². The van der Waals surface area contributed by atoms with Crippen molar-refractivity contribution in [1.29, 1.82) is 0 Å². The van der Waals surface area contributed by atoms with Gasteiger partial charge in [0, 0.05) is 18.5 Å². The van der Waals surface area contributed by atoms with E-state index in [1.165, 1.54) is 39.2 Å². The molecule has 3 saturated heterocycles. The first-order chi connectivity index (χ1) is 8.74. The van der Waals surface area contributed by atoms with Crippen molar-refractivity contribution in [1.82, 2.24) is 5.06 Å². The van der Waals surface area contributed by atoms with Crippen molar-refractivity contribution < 1.29 is 14.4 Å². The average Bonchev–Trinajstić information content (AvgIpc) is 2.75. The molecule has 0 amide bonds. The summed E-state index contributed by atoms with van der Waals surface area (Å²) in [4.78, 5) is 17.6. The zero-order valence-electron chi connectivity index (χ0n) is 10.9. The zero-order chi connectivity index (χ0) is 12.3. The van der Waals surface area contributed by atoms with Gasteiger partial charge in [-0.15, -0.1) is 0 Å². The van der Waals surface area contributed by atoms with Crippen LogP contribution in [-0.4, -0.2) is 36.3 Å². The van der Waals surface area contributed by atoms with Crippen molar-refractivity contribution in [2.75, 3.05) is 7.11 Å². The average molecular weight is 251 g/mol. The molecule has 0 aromatic carbocycles. The van der Waals surface area contributed by atoms with Gasteiger partial charge in [-0.1, -0.05) is 0 Å². The number of methoxy groups -OCH3 is 1. The molecule has 0 spiro atoms. The quantitative estimate of drug-likeness (QED) is 0.665. The topological polar surface area (TPSA) is 38.8 Å². The van der Waals surface area contributed by atoms with Crippen LogP contribution in [0.15, 0.2) is 0 Å². The second-order valence-corrected chi connectivity index (χ2v) is 6.60. The molecule has 4 heteroatoms. The molecule has 3 aliphatic heterocycles. The maximum Gasteiger partial charge on any atom is 0.337 e. The van der Waals surface area contributed by atoms with E-state index < -0.39 is 0 Å². The Morgan fingerprint density at radius 2 is 1.83 bits per heavy atom. The van der Waals surface area contributed by atoms with Gasteiger partial charge in [0.25, 0.3) is 0 Å². The predicted molar refractivity (Wildman–Crippen MR) is 64.5 cm³/mol. The molecule has 0 N–H and O–H groups in total. The third-order valence-corrected chi connectivity index (χ3v) is 5.55. The largest absolute Gasteiger partial charge is 0.467 e. The van der Waals surface area contributed by atoms with Crippen molar-refractivity contribution in [2.24, 2.45) is 17.8 Å². The first-order valence-corrected chi connectivity index (χ1v) is 7.27. The Morgan fingerprint density at radius 3 is 2.50 bits per heavy atom. The van der Waals surface area contributed by atoms with E-state index in [0.29, 0.717) is 12.1 Å². The Kier molecular flexibility index (Phi) is 2.46. The summed E-state index contributed by atoms with van der Waals surface area (Å²) in [5.41, 5.74) is 0. The van der Waals surface area contributed by atoms with E-state index >= 15 is 0 Å². The summed E-state index contributed by atoms with van der Waals surface area (Å²) in [7, 11) is 1.45. The third kappa shape index (κ3) is 1.55. The van der Waals surface area contributed by atoms with Crippen LogP contribution in [0, 0.1) is 17.8 Å². The van der Waals surface area contributed by atoms with Crippen LogP contribution in [0.25, 0.3) is 0 Å². The molecule has 2 saturated carbocycles. The van der Waals surface area contributed by atoms with Crippen molar-refractivity contribution in [3.63, 3.8) is 0 Å². The SMILES string of the molecule is COC(=O)[C@@H]1C[C@@H]2C3CC4CC(C3)CC(C4)N2O1. The lowest BCUT2D eigenvalue weighted by Crippen LogP contribution is -2.39. The van der Waals surface area contributed by atoms with Gasteiger partial charge in [0.1, 0.15) is 0 Å². The fourth-order valence-electron chi connectivity index (χ4n) is 5.01. The number of esters is 1. The van der Waals surface area contributed by atoms with E-state index in [-0.39, 0.29) is 12.1 Å². The molecule has 100 valence electrons. The Hall–Kier alpha value is -0.610. The van der Waals surface area contributed by atoms with Gasteiger partial charge in [0.05, 0.1) is 7.11 Å². The highest BCUT2D eigenvalue weighted by Gasteiger charge is 2.53. The van der Waals surface area contributed by atoms with Crippen molar-refractivity contribution >= 4 is 5.97 Å². The number of hydroxylamine groups is 2. The highest BCUT2D eigenvalue weighted by molar-refractivity contribution is 5.74. The molecule has 4 nitrogen and oxygen atoms in total. The van der Waals surface area contributed by atoms with Crippen LogP contribution >= 0.6 is 0 Å². The van der Waals surface area contributed by atoms with Gasteiger partial charge in [-0.2, -0.15) is 5.06 Å². The van der Waals surface area contributed by atoms with Crippen LogP contribution in [-0.2, 0) is 14.4 Å². The second kappa shape index (κ2) is 3.94. The molecule has 0 radical (unpaired) electrons. The molecule has 4 bridgehead atoms. The number of ether oxygens (including phenoxy) is 1. The van der Waals surface area contributed by atoms with Gasteiger partial charge in [-0.3, -0.25) is 4.84 Å². The van der Waals surface area contributed by atoms with E-state index in [4.69, 9.17) is 9.57 Å². The van der Waals surface area contributed by atoms with E-state index in [2.05, 4.69) is 5.06 Å². The Morgan fingerprint density at radius 1 is 1.11 bits per heavy atom. The molecule has 2 aliphatic carbocycles. The van der Waals surface area contributed by atoms with Crippen molar-refractivity contribution in [2.45, 2.75) is 56.7 Å². The van der Waals surface area contributed by atoms with Crippen LogP contribution < -0.4 is 0 Å². The molecule has 0 aromatic rings. The molecule has 5 fully saturated rings. The summed E-state index contributed by atoms with van der Waals surface area (Å²) >= 11 is 0. The fourth-order valence-corrected chi connectivity index (χ4v) is 5.01. The summed E-state index contributed by atoms with van der Waals surface area (Å²) in [6.07, 6.45) is 7.19. The van der Waals surface area contributed by atoms with Gasteiger partial charge in [-0.25, -0.2) is 4.79 Å². The molecule has 5 rings (SSSR count). The number of nitrogens with zero attached hydrogens (tertiary/aromatic N) is 1. The molecule has 3 heterocycles. The maximum absolute atomic E-state index is 11.7. The predicted octanol–water partition coefficient (Wildman–Crippen LogP) is 1.74. The minimum atomic E-state index is -0.350. The van der Waals surface area contributed by atoms with Crippen LogP contribution in [0.2, 0.25) is 0 Å². The third-order valence-electron chi connectivity index (χ3n) is 5.55. The molecule has 0 aromatic heterocycles. The summed E-state index contributed by atoms with van der Waals surface area (Å²) in [5, 5.41) is 2.20. The summed E-state index contributed by atoms with van der Waals surface area (Å²) in [6, 6.07) is 1.02. The number of hydrogen-bond donors (Lipinski definition) is 0. The zero-order valence-corrected chi connectivity index (χ0v) is 10.9. The summed E-state index contributed by atoms with van der Waals surface area (Å²) in [6.45, 7) is 0. The van der Waals surface area contributed by atoms with Crippen LogP contribution in [0.1, 0.15) is 38.5 Å². The van der Waals surface area contributed by atoms with E-state index in [9.17, 15) is 4.79 Å². The standard InChI is InChI=1S/C14H21NO3/c1-17-14(16)13-7-12-10-3-8-2-9(4-10)6-11(5-8)15(12)18-13/h8-13H,2-7H2,1H3/t8?,9?,10?,11?,12-,13+/m1/s1. The van der Waals surface area contributed by atoms with Gasteiger partial charge < -0.3 is 4.74 Å². The Balaban J connectivity index is 1.60. The molecule has 4 atom stereocenters. The van der Waals surface area contributed by atoms with Gasteiger partial charge in [-0.05, 0) is 49.9 Å². The van der Waals surface area contributed by atoms with Crippen molar-refractivity contribution in [3.05, 3.63) is 0 Å². The molecule has 18 heavy (non-hydrogen) atoms. The Bertz CT molecular complexity index is 334. The first kappa shape index (κ1) is 11.2. The minimum Gasteiger partial charge on any atom is -0.467 e. The second-order valence-electron chi connectivity index (χ2n) is 6.60. The number of hydrogen-bond acceptors (Lipinski definition) is 4. The van der Waals surface area contributed by atoms with Crippen LogP contribution in [0.5, 0.6) is 0 Å². The molecular formula is C14H21NO3. The molecule has 2 unspecified atom stereocenters. The lowest BCUT2D eigenvalue weighted by atomic mass is 9.67. The van der Waals surface area contributed by atoms with Gasteiger partial charge in [0.2, 0.25) is 0 Å². The lowest BCUT2D eigenvalue weighted by molar-refractivity contribution is -0.205. The highest BCUT2D eigenvalue weighted by atomic mass is 16.7.